The minimum absolute atomic E-state index is 0.105. The molecule has 0 fully saturated rings. The van der Waals surface area contributed by atoms with Crippen LogP contribution in [0.15, 0.2) is 56.3 Å². The Morgan fingerprint density at radius 2 is 2.00 bits per heavy atom. The van der Waals surface area contributed by atoms with Crippen molar-refractivity contribution in [3.05, 3.63) is 47.5 Å². The van der Waals surface area contributed by atoms with Crippen LogP contribution < -0.4 is 5.73 Å². The molecule has 0 spiro atoms. The van der Waals surface area contributed by atoms with Gasteiger partial charge in [0.2, 0.25) is 0 Å². The molecule has 20 heavy (non-hydrogen) atoms. The van der Waals surface area contributed by atoms with Crippen molar-refractivity contribution in [3.8, 4) is 0 Å². The fourth-order valence-corrected chi connectivity index (χ4v) is 3.51. The van der Waals surface area contributed by atoms with Crippen LogP contribution in [-0.2, 0) is 0 Å². The molecule has 0 bridgehead atoms. The molecule has 5 nitrogen and oxygen atoms in total. The number of nitrogens with zero attached hydrogens (tertiary/aromatic N) is 3. The highest BCUT2D eigenvalue weighted by atomic mass is 32.2. The molecule has 0 atom stereocenters. The van der Waals surface area contributed by atoms with Crippen molar-refractivity contribution >= 4 is 39.7 Å². The summed E-state index contributed by atoms with van der Waals surface area (Å²) < 4.78 is 0.881. The van der Waals surface area contributed by atoms with Crippen LogP contribution in [0.2, 0.25) is 0 Å². The Bertz CT molecular complexity index is 771. The first-order valence-electron chi connectivity index (χ1n) is 5.73. The maximum Gasteiger partial charge on any atom is 0.178 e. The lowest BCUT2D eigenvalue weighted by atomic mass is 10.0. The summed E-state index contributed by atoms with van der Waals surface area (Å²) in [7, 11) is 0. The van der Waals surface area contributed by atoms with Gasteiger partial charge in [-0.2, -0.15) is 0 Å². The predicted octanol–water partition coefficient (Wildman–Crippen LogP) is 2.94. The number of hydrogen-bond donors (Lipinski definition) is 2. The second kappa shape index (κ2) is 5.48. The third-order valence-electron chi connectivity index (χ3n) is 2.81. The summed E-state index contributed by atoms with van der Waals surface area (Å²) in [5, 5.41) is 21.8. The van der Waals surface area contributed by atoms with Crippen molar-refractivity contribution in [3.63, 3.8) is 0 Å². The zero-order chi connectivity index (χ0) is 13.9. The highest BCUT2D eigenvalue weighted by molar-refractivity contribution is 8.01. The van der Waals surface area contributed by atoms with Crippen molar-refractivity contribution in [2.75, 3.05) is 0 Å². The third-order valence-corrected chi connectivity index (χ3v) is 4.66. The number of amidine groups is 1. The van der Waals surface area contributed by atoms with E-state index in [0.717, 1.165) is 20.0 Å². The zero-order valence-corrected chi connectivity index (χ0v) is 11.9. The monoisotopic (exact) mass is 302 g/mol. The molecule has 0 aliphatic carbocycles. The first-order chi connectivity index (χ1) is 9.79. The summed E-state index contributed by atoms with van der Waals surface area (Å²) in [6.45, 7) is 0. The van der Waals surface area contributed by atoms with Gasteiger partial charge in [0, 0.05) is 10.5 Å². The fourth-order valence-electron chi connectivity index (χ4n) is 1.94. The van der Waals surface area contributed by atoms with Crippen LogP contribution in [0, 0.1) is 0 Å². The van der Waals surface area contributed by atoms with Gasteiger partial charge in [-0.05, 0) is 22.9 Å². The Balaban J connectivity index is 2.16. The van der Waals surface area contributed by atoms with Gasteiger partial charge in [0.25, 0.3) is 0 Å². The summed E-state index contributed by atoms with van der Waals surface area (Å²) >= 11 is 3.05. The van der Waals surface area contributed by atoms with E-state index in [2.05, 4.69) is 15.4 Å². The molecule has 0 radical (unpaired) electrons. The highest BCUT2D eigenvalue weighted by Gasteiger charge is 2.10. The molecule has 1 heterocycles. The quantitative estimate of drug-likeness (QED) is 0.336. The molecule has 3 aromatic rings. The highest BCUT2D eigenvalue weighted by Crippen LogP contribution is 2.35. The van der Waals surface area contributed by atoms with Gasteiger partial charge in [-0.25, -0.2) is 0 Å². The normalized spacial score (nSPS) is 11.9. The van der Waals surface area contributed by atoms with Gasteiger partial charge in [-0.3, -0.25) is 0 Å². The molecule has 7 heteroatoms. The van der Waals surface area contributed by atoms with Crippen LogP contribution in [-0.4, -0.2) is 21.2 Å². The smallest absolute Gasteiger partial charge is 0.178 e. The molecule has 0 saturated carbocycles. The van der Waals surface area contributed by atoms with E-state index in [0.29, 0.717) is 5.56 Å². The van der Waals surface area contributed by atoms with E-state index in [4.69, 9.17) is 10.9 Å². The van der Waals surface area contributed by atoms with E-state index in [1.807, 2.05) is 36.4 Å². The number of aromatic nitrogens is 2. The molecule has 0 aliphatic heterocycles. The largest absolute Gasteiger partial charge is 0.409 e. The first kappa shape index (κ1) is 12.9. The second-order valence-corrected chi connectivity index (χ2v) is 6.07. The lowest BCUT2D eigenvalue weighted by Gasteiger charge is -2.08. The Hall–Kier alpha value is -2.12. The predicted molar refractivity (Wildman–Crippen MR) is 80.5 cm³/mol. The van der Waals surface area contributed by atoms with E-state index in [1.165, 1.54) is 11.3 Å². The average molecular weight is 302 g/mol. The van der Waals surface area contributed by atoms with Gasteiger partial charge < -0.3 is 10.9 Å². The number of rotatable bonds is 3. The van der Waals surface area contributed by atoms with E-state index >= 15 is 0 Å². The van der Waals surface area contributed by atoms with Crippen LogP contribution in [0.5, 0.6) is 0 Å². The Kier molecular flexibility index (Phi) is 3.53. The minimum Gasteiger partial charge on any atom is -0.409 e. The first-order valence-corrected chi connectivity index (χ1v) is 7.43. The maximum absolute atomic E-state index is 8.87. The molecule has 1 aromatic heterocycles. The Morgan fingerprint density at radius 3 is 2.70 bits per heavy atom. The number of hydrogen-bond acceptors (Lipinski definition) is 6. The lowest BCUT2D eigenvalue weighted by Crippen LogP contribution is -2.13. The molecule has 0 unspecified atom stereocenters. The molecule has 3 N–H and O–H groups in total. The topological polar surface area (TPSA) is 84.4 Å². The third kappa shape index (κ3) is 2.33. The van der Waals surface area contributed by atoms with Crippen molar-refractivity contribution in [2.45, 2.75) is 9.24 Å². The van der Waals surface area contributed by atoms with Gasteiger partial charge >= 0.3 is 0 Å². The summed E-state index contributed by atoms with van der Waals surface area (Å²) in [5.74, 6) is 0.105. The summed E-state index contributed by atoms with van der Waals surface area (Å²) in [5.41, 5.74) is 8.14. The molecule has 0 amide bonds. The van der Waals surface area contributed by atoms with Crippen molar-refractivity contribution in [1.29, 1.82) is 0 Å². The van der Waals surface area contributed by atoms with Crippen LogP contribution >= 0.6 is 23.1 Å². The molecule has 100 valence electrons. The molecule has 2 aromatic carbocycles. The number of oxime groups is 1. The summed E-state index contributed by atoms with van der Waals surface area (Å²) in [4.78, 5) is 1.06. The van der Waals surface area contributed by atoms with Crippen molar-refractivity contribution in [1.82, 2.24) is 10.2 Å². The molecule has 3 rings (SSSR count). The van der Waals surface area contributed by atoms with Crippen LogP contribution in [0.3, 0.4) is 0 Å². The summed E-state index contributed by atoms with van der Waals surface area (Å²) in [6, 6.07) is 11.6. The average Bonchev–Trinajstić information content (AvgIpc) is 3.00. The van der Waals surface area contributed by atoms with Gasteiger partial charge in [-0.1, -0.05) is 52.5 Å². The minimum atomic E-state index is 0.105. The maximum atomic E-state index is 8.87. The Labute approximate surface area is 123 Å². The van der Waals surface area contributed by atoms with Gasteiger partial charge in [0.05, 0.1) is 0 Å². The van der Waals surface area contributed by atoms with Gasteiger partial charge in [-0.15, -0.1) is 10.2 Å². The summed E-state index contributed by atoms with van der Waals surface area (Å²) in [6.07, 6.45) is 0. The van der Waals surface area contributed by atoms with Crippen LogP contribution in [0.25, 0.3) is 10.8 Å². The molecular weight excluding hydrogens is 292 g/mol. The van der Waals surface area contributed by atoms with Gasteiger partial charge in [0.15, 0.2) is 10.2 Å². The van der Waals surface area contributed by atoms with Crippen molar-refractivity contribution in [2.24, 2.45) is 10.9 Å². The number of benzene rings is 2. The SMILES string of the molecule is N/C(=N/O)c1ccc(Sc2nncs2)c2ccccc12. The number of fused-ring (bicyclic) bond motifs is 1. The second-order valence-electron chi connectivity index (χ2n) is 3.95. The number of nitrogens with two attached hydrogens (primary N) is 1. The van der Waals surface area contributed by atoms with E-state index in [9.17, 15) is 0 Å². The van der Waals surface area contributed by atoms with Crippen LogP contribution in [0.1, 0.15) is 5.56 Å². The van der Waals surface area contributed by atoms with E-state index in [1.54, 1.807) is 17.3 Å². The van der Waals surface area contributed by atoms with Crippen LogP contribution in [0.4, 0.5) is 0 Å². The molecule has 0 saturated heterocycles. The van der Waals surface area contributed by atoms with Gasteiger partial charge in [0.1, 0.15) is 5.51 Å². The zero-order valence-electron chi connectivity index (χ0n) is 10.2. The lowest BCUT2D eigenvalue weighted by molar-refractivity contribution is 0.318. The molecule has 0 aliphatic rings. The fraction of sp³-hybridized carbons (Fsp3) is 0. The Morgan fingerprint density at radius 1 is 1.20 bits per heavy atom. The van der Waals surface area contributed by atoms with E-state index in [-0.39, 0.29) is 5.84 Å². The molecular formula is C13H10N4OS2. The standard InChI is InChI=1S/C13H10N4OS2/c14-12(17-18)10-5-6-11(20-13-16-15-7-19-13)9-4-2-1-3-8(9)10/h1-7,18H,(H2,14,17). The van der Waals surface area contributed by atoms with E-state index < -0.39 is 0 Å². The van der Waals surface area contributed by atoms with Crippen molar-refractivity contribution < 1.29 is 5.21 Å².